The van der Waals surface area contributed by atoms with Crippen LogP contribution in [0.4, 0.5) is 0 Å². The molecule has 0 saturated carbocycles. The quantitative estimate of drug-likeness (QED) is 0.104. The molecule has 0 aromatic heterocycles. The Morgan fingerprint density at radius 3 is 2.55 bits per heavy atom. The van der Waals surface area contributed by atoms with Gasteiger partial charge in [-0.2, -0.15) is 8.42 Å². The third-order valence-corrected chi connectivity index (χ3v) is 8.17. The van der Waals surface area contributed by atoms with Crippen molar-refractivity contribution in [3.8, 4) is 0 Å². The van der Waals surface area contributed by atoms with E-state index in [4.69, 9.17) is 20.3 Å². The number of nitrogens with zero attached hydrogens (tertiary/aromatic N) is 1. The number of halogens is 1. The van der Waals surface area contributed by atoms with Gasteiger partial charge in [0.2, 0.25) is 0 Å². The normalized spacial score (nSPS) is 15.6. The molecule has 0 saturated heterocycles. The lowest BCUT2D eigenvalue weighted by Gasteiger charge is -2.29. The molecule has 0 radical (unpaired) electrons. The van der Waals surface area contributed by atoms with Crippen LogP contribution in [0.15, 0.2) is 42.5 Å². The van der Waals surface area contributed by atoms with Crippen molar-refractivity contribution in [2.45, 2.75) is 38.6 Å². The van der Waals surface area contributed by atoms with Crippen molar-refractivity contribution >= 4 is 29.4 Å². The first-order valence-corrected chi connectivity index (χ1v) is 13.2. The fourth-order valence-corrected chi connectivity index (χ4v) is 5.26. The summed E-state index contributed by atoms with van der Waals surface area (Å²) in [6.07, 6.45) is 5.89. The van der Waals surface area contributed by atoms with Crippen LogP contribution in [-0.2, 0) is 29.8 Å². The van der Waals surface area contributed by atoms with Gasteiger partial charge < -0.3 is 4.52 Å². The van der Waals surface area contributed by atoms with Crippen LogP contribution in [0, 0.1) is 0 Å². The van der Waals surface area contributed by atoms with E-state index in [1.165, 1.54) is 10.2 Å². The largest absolute Gasteiger partial charge is 0.344 e. The Hall–Kier alpha value is -0.730. The average Bonchev–Trinajstić information content (AvgIpc) is 2.68. The van der Waals surface area contributed by atoms with Crippen LogP contribution in [0.1, 0.15) is 32.3 Å². The molecule has 29 heavy (non-hydrogen) atoms. The topological polar surface area (TPSA) is 84.9 Å². The van der Waals surface area contributed by atoms with Gasteiger partial charge in [-0.15, -0.1) is 11.6 Å². The summed E-state index contributed by atoms with van der Waals surface area (Å²) in [4.78, 5) is 0. The number of nitrogens with one attached hydrogen (secondary N) is 1. The minimum absolute atomic E-state index is 0.0465. The first-order valence-electron chi connectivity index (χ1n) is 9.63. The SMILES string of the molecule is CCCS(=O)(=O)OCCNP(=O)(OCC/C=C/Cc1ccccc1)N(C)C(C)Cl. The molecule has 0 fully saturated rings. The highest BCUT2D eigenvalue weighted by Crippen LogP contribution is 2.47. The predicted molar refractivity (Wildman–Crippen MR) is 119 cm³/mol. The van der Waals surface area contributed by atoms with Crippen LogP contribution in [0.5, 0.6) is 0 Å². The van der Waals surface area contributed by atoms with E-state index >= 15 is 0 Å². The molecule has 0 amide bonds. The van der Waals surface area contributed by atoms with Gasteiger partial charge >= 0.3 is 7.67 Å². The van der Waals surface area contributed by atoms with Crippen molar-refractivity contribution in [2.24, 2.45) is 0 Å². The molecular formula is C19H32ClN2O5PS. The fourth-order valence-electron chi connectivity index (χ4n) is 2.32. The van der Waals surface area contributed by atoms with Crippen LogP contribution < -0.4 is 5.09 Å². The Kier molecular flexibility index (Phi) is 12.3. The highest BCUT2D eigenvalue weighted by atomic mass is 35.5. The van der Waals surface area contributed by atoms with E-state index < -0.39 is 23.3 Å². The van der Waals surface area contributed by atoms with Gasteiger partial charge in [-0.1, -0.05) is 49.4 Å². The maximum atomic E-state index is 13.1. The van der Waals surface area contributed by atoms with Crippen molar-refractivity contribution in [1.82, 2.24) is 9.76 Å². The summed E-state index contributed by atoms with van der Waals surface area (Å²) in [5, 5.41) is 2.77. The summed E-state index contributed by atoms with van der Waals surface area (Å²) in [7, 11) is -5.39. The molecular weight excluding hydrogens is 435 g/mol. The number of hydrogen-bond acceptors (Lipinski definition) is 5. The second-order valence-electron chi connectivity index (χ2n) is 6.44. The first kappa shape index (κ1) is 26.3. The summed E-state index contributed by atoms with van der Waals surface area (Å²) >= 11 is 6.06. The molecule has 0 aliphatic heterocycles. The third kappa shape index (κ3) is 10.7. The number of benzene rings is 1. The Labute approximate surface area is 180 Å². The molecule has 166 valence electrons. The van der Waals surface area contributed by atoms with Gasteiger partial charge in [-0.05, 0) is 38.8 Å². The number of alkyl halides is 1. The second-order valence-corrected chi connectivity index (χ2v) is 11.1. The highest BCUT2D eigenvalue weighted by molar-refractivity contribution is 7.86. The van der Waals surface area contributed by atoms with Crippen LogP contribution in [0.25, 0.3) is 0 Å². The van der Waals surface area contributed by atoms with E-state index in [0.29, 0.717) is 12.8 Å². The summed E-state index contributed by atoms with van der Waals surface area (Å²) < 4.78 is 48.2. The van der Waals surface area contributed by atoms with E-state index in [1.54, 1.807) is 20.9 Å². The average molecular weight is 467 g/mol. The smallest absolute Gasteiger partial charge is 0.306 e. The molecule has 2 unspecified atom stereocenters. The number of hydrogen-bond donors (Lipinski definition) is 1. The highest BCUT2D eigenvalue weighted by Gasteiger charge is 2.31. The molecule has 0 spiro atoms. The standard InChI is InChI=1S/C19H32ClN2O5PS/c1-4-17-29(24,25)27-16-14-21-28(23,22(3)18(2)20)26-15-10-6-9-13-19-11-7-5-8-12-19/h5-9,11-12,18H,4,10,13-17H2,1-3H3,(H,21,23)/b9-6+. The first-order chi connectivity index (χ1) is 13.7. The van der Waals surface area contributed by atoms with E-state index in [0.717, 1.165) is 6.42 Å². The Balaban J connectivity index is 2.48. The van der Waals surface area contributed by atoms with E-state index in [2.05, 4.69) is 17.2 Å². The van der Waals surface area contributed by atoms with E-state index in [9.17, 15) is 13.0 Å². The van der Waals surface area contributed by atoms with Crippen molar-refractivity contribution in [2.75, 3.05) is 32.6 Å². The summed E-state index contributed by atoms with van der Waals surface area (Å²) in [6, 6.07) is 10.1. The van der Waals surface area contributed by atoms with Crippen LogP contribution in [-0.4, -0.2) is 51.1 Å². The Bertz CT molecular complexity index is 759. The van der Waals surface area contributed by atoms with Crippen molar-refractivity contribution in [3.05, 3.63) is 48.0 Å². The van der Waals surface area contributed by atoms with Gasteiger partial charge in [0, 0.05) is 6.54 Å². The van der Waals surface area contributed by atoms with Crippen LogP contribution in [0.2, 0.25) is 0 Å². The lowest BCUT2D eigenvalue weighted by molar-refractivity contribution is 0.257. The van der Waals surface area contributed by atoms with Gasteiger partial charge in [-0.25, -0.2) is 9.76 Å². The van der Waals surface area contributed by atoms with Gasteiger partial charge in [-0.3, -0.25) is 8.75 Å². The molecule has 1 aromatic rings. The Morgan fingerprint density at radius 2 is 1.93 bits per heavy atom. The molecule has 1 N–H and O–H groups in total. The minimum atomic E-state index is -3.56. The van der Waals surface area contributed by atoms with Crippen molar-refractivity contribution in [1.29, 1.82) is 0 Å². The van der Waals surface area contributed by atoms with Crippen LogP contribution in [0.3, 0.4) is 0 Å². The van der Waals surface area contributed by atoms with Crippen molar-refractivity contribution < 1.29 is 21.7 Å². The molecule has 0 bridgehead atoms. The van der Waals surface area contributed by atoms with Gasteiger partial charge in [0.25, 0.3) is 10.1 Å². The van der Waals surface area contributed by atoms with E-state index in [1.807, 2.05) is 30.4 Å². The molecule has 1 rings (SSSR count). The van der Waals surface area contributed by atoms with Gasteiger partial charge in [0.15, 0.2) is 0 Å². The zero-order chi connectivity index (χ0) is 21.8. The lowest BCUT2D eigenvalue weighted by atomic mass is 10.1. The second kappa shape index (κ2) is 13.5. The molecule has 2 atom stereocenters. The molecule has 0 heterocycles. The third-order valence-electron chi connectivity index (χ3n) is 3.97. The summed E-state index contributed by atoms with van der Waals surface area (Å²) in [6.45, 7) is 3.60. The summed E-state index contributed by atoms with van der Waals surface area (Å²) in [5.41, 5.74) is 0.678. The van der Waals surface area contributed by atoms with Crippen LogP contribution >= 0.6 is 19.3 Å². The molecule has 1 aromatic carbocycles. The van der Waals surface area contributed by atoms with Gasteiger partial charge in [0.05, 0.1) is 24.5 Å². The maximum absolute atomic E-state index is 13.1. The number of allylic oxidation sites excluding steroid dienone is 1. The Morgan fingerprint density at radius 1 is 1.24 bits per heavy atom. The predicted octanol–water partition coefficient (Wildman–Crippen LogP) is 4.16. The molecule has 7 nitrogen and oxygen atoms in total. The molecule has 0 aliphatic rings. The zero-order valence-corrected chi connectivity index (χ0v) is 19.8. The van der Waals surface area contributed by atoms with E-state index in [-0.39, 0.29) is 25.5 Å². The minimum Gasteiger partial charge on any atom is -0.306 e. The summed E-state index contributed by atoms with van der Waals surface area (Å²) in [5.74, 6) is -0.0465. The molecule has 10 heteroatoms. The monoisotopic (exact) mass is 466 g/mol. The van der Waals surface area contributed by atoms with Gasteiger partial charge in [0.1, 0.15) is 0 Å². The molecule has 0 aliphatic carbocycles. The fraction of sp³-hybridized carbons (Fsp3) is 0.579. The lowest BCUT2D eigenvalue weighted by Crippen LogP contribution is -2.32. The van der Waals surface area contributed by atoms with Crippen molar-refractivity contribution in [3.63, 3.8) is 0 Å². The number of rotatable bonds is 15. The maximum Gasteiger partial charge on any atom is 0.344 e. The zero-order valence-electron chi connectivity index (χ0n) is 17.3.